The van der Waals surface area contributed by atoms with Crippen molar-refractivity contribution < 1.29 is 14.3 Å². The number of amides is 1. The van der Waals surface area contributed by atoms with Crippen LogP contribution in [-0.2, 0) is 20.9 Å². The Kier molecular flexibility index (Phi) is 5.08. The predicted molar refractivity (Wildman–Crippen MR) is 82.1 cm³/mol. The summed E-state index contributed by atoms with van der Waals surface area (Å²) in [5, 5.41) is 2.58. The van der Waals surface area contributed by atoms with Gasteiger partial charge in [-0.3, -0.25) is 23.9 Å². The number of esters is 1. The van der Waals surface area contributed by atoms with Crippen LogP contribution in [0.25, 0.3) is 0 Å². The number of aromatic nitrogens is 2. The molecule has 2 rings (SSSR count). The molecule has 0 aliphatic rings. The molecule has 8 nitrogen and oxygen atoms in total. The molecule has 120 valence electrons. The van der Waals surface area contributed by atoms with Crippen LogP contribution in [-0.4, -0.2) is 28.0 Å². The fraction of sp³-hybridized carbons (Fsp3) is 0.200. The highest BCUT2D eigenvalue weighted by Crippen LogP contribution is 2.08. The number of ether oxygens (including phenoxy) is 1. The molecule has 2 N–H and O–H groups in total. The minimum absolute atomic E-state index is 0.395. The van der Waals surface area contributed by atoms with Crippen LogP contribution in [0.1, 0.15) is 5.56 Å². The summed E-state index contributed by atoms with van der Waals surface area (Å²) >= 11 is 0. The van der Waals surface area contributed by atoms with Gasteiger partial charge in [0.25, 0.3) is 11.5 Å². The lowest BCUT2D eigenvalue weighted by Gasteiger charge is -2.07. The van der Waals surface area contributed by atoms with Gasteiger partial charge in [-0.15, -0.1) is 0 Å². The second-order valence-electron chi connectivity index (χ2n) is 4.81. The summed E-state index contributed by atoms with van der Waals surface area (Å²) < 4.78 is 5.76. The molecule has 8 heteroatoms. The molecule has 1 amide bonds. The van der Waals surface area contributed by atoms with Gasteiger partial charge >= 0.3 is 11.7 Å². The topological polar surface area (TPSA) is 110 Å². The van der Waals surface area contributed by atoms with E-state index in [0.29, 0.717) is 5.69 Å². The molecule has 0 radical (unpaired) electrons. The highest BCUT2D eigenvalue weighted by Gasteiger charge is 2.09. The first-order chi connectivity index (χ1) is 10.9. The van der Waals surface area contributed by atoms with Crippen LogP contribution >= 0.6 is 0 Å². The molecule has 0 atom stereocenters. The Labute approximate surface area is 130 Å². The lowest BCUT2D eigenvalue weighted by molar-refractivity contribution is -0.148. The largest absolute Gasteiger partial charge is 0.454 e. The minimum Gasteiger partial charge on any atom is -0.454 e. The van der Waals surface area contributed by atoms with E-state index in [2.05, 4.69) is 5.32 Å². The van der Waals surface area contributed by atoms with E-state index in [0.717, 1.165) is 16.2 Å². The molecule has 0 fully saturated rings. The zero-order chi connectivity index (χ0) is 16.8. The van der Waals surface area contributed by atoms with Gasteiger partial charge in [0.05, 0.1) is 0 Å². The highest BCUT2D eigenvalue weighted by atomic mass is 16.5. The fourth-order valence-electron chi connectivity index (χ4n) is 1.73. The number of anilines is 1. The van der Waals surface area contributed by atoms with Crippen molar-refractivity contribution in [3.05, 3.63) is 62.9 Å². The average Bonchev–Trinajstić information content (AvgIpc) is 2.50. The van der Waals surface area contributed by atoms with Crippen molar-refractivity contribution in [3.63, 3.8) is 0 Å². The summed E-state index contributed by atoms with van der Waals surface area (Å²) in [6.07, 6.45) is 1.18. The van der Waals surface area contributed by atoms with Crippen LogP contribution in [0.5, 0.6) is 0 Å². The molecule has 2 aromatic rings. The molecule has 0 aliphatic carbocycles. The zero-order valence-corrected chi connectivity index (χ0v) is 12.4. The standard InChI is InChI=1S/C15H15N3O5/c1-10-2-4-11(5-3-10)16-13(20)9-23-14(21)8-18-7-6-12(19)17-15(18)22/h2-7H,8-9H2,1H3,(H,16,20)(H,17,19,22). The molecule has 0 spiro atoms. The number of H-pyrrole nitrogens is 1. The van der Waals surface area contributed by atoms with Crippen molar-refractivity contribution in [3.8, 4) is 0 Å². The number of hydrogen-bond acceptors (Lipinski definition) is 5. The molecule has 0 bridgehead atoms. The summed E-state index contributed by atoms with van der Waals surface area (Å²) in [6, 6.07) is 8.25. The van der Waals surface area contributed by atoms with Gasteiger partial charge in [-0.2, -0.15) is 0 Å². The minimum atomic E-state index is -0.766. The van der Waals surface area contributed by atoms with Gasteiger partial charge in [0.2, 0.25) is 0 Å². The summed E-state index contributed by atoms with van der Waals surface area (Å²) in [7, 11) is 0. The van der Waals surface area contributed by atoms with E-state index in [4.69, 9.17) is 4.74 Å². The van der Waals surface area contributed by atoms with Crippen molar-refractivity contribution in [1.29, 1.82) is 0 Å². The molecule has 0 saturated carbocycles. The Morgan fingerprint density at radius 1 is 1.17 bits per heavy atom. The number of hydrogen-bond donors (Lipinski definition) is 2. The number of carbonyl (C=O) groups is 2. The lowest BCUT2D eigenvalue weighted by Crippen LogP contribution is -2.32. The smallest absolute Gasteiger partial charge is 0.328 e. The SMILES string of the molecule is Cc1ccc(NC(=O)COC(=O)Cn2ccc(=O)[nH]c2=O)cc1. The summed E-state index contributed by atoms with van der Waals surface area (Å²) in [5.41, 5.74) is 0.366. The molecule has 1 aromatic carbocycles. The van der Waals surface area contributed by atoms with Crippen LogP contribution in [0, 0.1) is 6.92 Å². The number of aryl methyl sites for hydroxylation is 1. The highest BCUT2D eigenvalue weighted by molar-refractivity contribution is 5.92. The Bertz CT molecular complexity index is 820. The third-order valence-corrected chi connectivity index (χ3v) is 2.90. The predicted octanol–water partition coefficient (Wildman–Crippen LogP) is 0.0269. The third kappa shape index (κ3) is 4.95. The van der Waals surface area contributed by atoms with Crippen LogP contribution in [0.15, 0.2) is 46.1 Å². The molecule has 1 heterocycles. The zero-order valence-electron chi connectivity index (χ0n) is 12.4. The Morgan fingerprint density at radius 2 is 1.87 bits per heavy atom. The Morgan fingerprint density at radius 3 is 2.52 bits per heavy atom. The molecule has 0 saturated heterocycles. The maximum atomic E-state index is 11.7. The van der Waals surface area contributed by atoms with Crippen molar-refractivity contribution in [2.75, 3.05) is 11.9 Å². The normalized spacial score (nSPS) is 10.1. The lowest BCUT2D eigenvalue weighted by atomic mass is 10.2. The van der Waals surface area contributed by atoms with Gasteiger partial charge in [0.15, 0.2) is 6.61 Å². The summed E-state index contributed by atoms with van der Waals surface area (Å²) in [5.74, 6) is -1.26. The van der Waals surface area contributed by atoms with Crippen LogP contribution in [0.2, 0.25) is 0 Å². The van der Waals surface area contributed by atoms with Crippen LogP contribution in [0.4, 0.5) is 5.69 Å². The Hall–Kier alpha value is -3.16. The van der Waals surface area contributed by atoms with Gasteiger partial charge in [-0.05, 0) is 19.1 Å². The first kappa shape index (κ1) is 16.2. The van der Waals surface area contributed by atoms with Crippen molar-refractivity contribution >= 4 is 17.6 Å². The number of rotatable bonds is 5. The monoisotopic (exact) mass is 317 g/mol. The van der Waals surface area contributed by atoms with Crippen LogP contribution < -0.4 is 16.6 Å². The second kappa shape index (κ2) is 7.21. The van der Waals surface area contributed by atoms with E-state index >= 15 is 0 Å². The summed E-state index contributed by atoms with van der Waals surface area (Å²) in [4.78, 5) is 47.6. The molecule has 0 aliphatic heterocycles. The number of nitrogens with one attached hydrogen (secondary N) is 2. The van der Waals surface area contributed by atoms with Crippen molar-refractivity contribution in [2.45, 2.75) is 13.5 Å². The van der Waals surface area contributed by atoms with Crippen molar-refractivity contribution in [1.82, 2.24) is 9.55 Å². The van der Waals surface area contributed by atoms with Gasteiger partial charge in [0, 0.05) is 18.0 Å². The molecule has 0 unspecified atom stereocenters. The molecular weight excluding hydrogens is 302 g/mol. The van der Waals surface area contributed by atoms with Gasteiger partial charge in [0.1, 0.15) is 6.54 Å². The van der Waals surface area contributed by atoms with E-state index < -0.39 is 36.3 Å². The number of nitrogens with zero attached hydrogens (tertiary/aromatic N) is 1. The van der Waals surface area contributed by atoms with E-state index in [-0.39, 0.29) is 0 Å². The summed E-state index contributed by atoms with van der Waals surface area (Å²) in [6.45, 7) is 1.06. The molecular formula is C15H15N3O5. The first-order valence-corrected chi connectivity index (χ1v) is 6.76. The third-order valence-electron chi connectivity index (χ3n) is 2.90. The average molecular weight is 317 g/mol. The number of aromatic amines is 1. The van der Waals surface area contributed by atoms with Gasteiger partial charge < -0.3 is 10.1 Å². The quantitative estimate of drug-likeness (QED) is 0.756. The van der Waals surface area contributed by atoms with E-state index in [9.17, 15) is 19.2 Å². The maximum absolute atomic E-state index is 11.7. The van der Waals surface area contributed by atoms with E-state index in [1.54, 1.807) is 12.1 Å². The molecule has 1 aromatic heterocycles. The van der Waals surface area contributed by atoms with E-state index in [1.807, 2.05) is 24.0 Å². The Balaban J connectivity index is 1.84. The van der Waals surface area contributed by atoms with E-state index in [1.165, 1.54) is 6.20 Å². The first-order valence-electron chi connectivity index (χ1n) is 6.76. The van der Waals surface area contributed by atoms with Crippen LogP contribution in [0.3, 0.4) is 0 Å². The van der Waals surface area contributed by atoms with Gasteiger partial charge in [-0.25, -0.2) is 4.79 Å². The maximum Gasteiger partial charge on any atom is 0.328 e. The number of benzene rings is 1. The van der Waals surface area contributed by atoms with Crippen molar-refractivity contribution in [2.24, 2.45) is 0 Å². The fourth-order valence-corrected chi connectivity index (χ4v) is 1.73. The second-order valence-corrected chi connectivity index (χ2v) is 4.81. The van der Waals surface area contributed by atoms with Gasteiger partial charge in [-0.1, -0.05) is 17.7 Å². The molecule has 23 heavy (non-hydrogen) atoms. The number of carbonyl (C=O) groups excluding carboxylic acids is 2.